The Hall–Kier alpha value is 11.0. The zero-order valence-corrected chi connectivity index (χ0v) is 59.4. The van der Waals surface area contributed by atoms with Crippen LogP contribution in [0.2, 0.25) is 20.5 Å². The van der Waals surface area contributed by atoms with E-state index in [2.05, 4.69) is 61.4 Å². The minimum atomic E-state index is -1.42. The molecule has 0 saturated heterocycles. The molecule has 0 rings (SSSR count). The van der Waals surface area contributed by atoms with Crippen molar-refractivity contribution >= 4 is 63.5 Å². The van der Waals surface area contributed by atoms with Gasteiger partial charge in [0.05, 0.1) is 0 Å². The average Bonchev–Trinajstić information content (AvgIpc) is 2.39. The van der Waals surface area contributed by atoms with Crippen molar-refractivity contribution < 1.29 is 402 Å². The summed E-state index contributed by atoms with van der Waals surface area (Å²) in [6, 6.07) is 0. The Kier molecular flexibility index (Phi) is 440. The van der Waals surface area contributed by atoms with Crippen LogP contribution in [0.4, 0.5) is 0 Å². The summed E-state index contributed by atoms with van der Waals surface area (Å²) < 4.78 is 0. The Morgan fingerprint density at radius 1 is 0.220 bits per heavy atom. The molecule has 0 aliphatic heterocycles. The van der Waals surface area contributed by atoms with E-state index in [-0.39, 0.29) is 357 Å². The van der Waals surface area contributed by atoms with Gasteiger partial charge in [0.15, 0.2) is 0 Å². The molecule has 15 N–H and O–H groups in total. The molecule has 0 aromatic carbocycles. The van der Waals surface area contributed by atoms with Crippen LogP contribution in [0.25, 0.3) is 0 Å². The zero-order valence-electron chi connectivity index (χ0n) is 31.0. The summed E-state index contributed by atoms with van der Waals surface area (Å²) in [5, 5.41) is 114. The molecule has 0 spiro atoms. The van der Waals surface area contributed by atoms with Gasteiger partial charge in [0.2, 0.25) is 0 Å². The van der Waals surface area contributed by atoms with E-state index in [1.54, 1.807) is 20.5 Å². The molecule has 0 amide bonds. The molecule has 0 unspecified atom stereocenters. The summed E-state index contributed by atoms with van der Waals surface area (Å²) in [5.41, 5.74) is 0. The van der Waals surface area contributed by atoms with E-state index in [1.807, 2.05) is 0 Å². The molecule has 0 aliphatic rings. The van der Waals surface area contributed by atoms with E-state index < -0.39 is 63.5 Å². The van der Waals surface area contributed by atoms with Gasteiger partial charge in [0, 0.05) is 327 Å². The van der Waals surface area contributed by atoms with Crippen LogP contribution < -0.4 is 0 Å². The molecule has 0 bridgehead atoms. The van der Waals surface area contributed by atoms with Crippen molar-refractivity contribution in [2.45, 2.75) is 20.5 Å². The van der Waals surface area contributed by atoms with Crippen LogP contribution >= 0.6 is 0 Å². The third kappa shape index (κ3) is 1640. The maximum Gasteiger partial charge on any atom is 0.264 e. The third-order valence-corrected chi connectivity index (χ3v) is 0. The molecule has 0 saturated carbocycles. The Bertz CT molecular complexity index is 226. The number of hydrogen-bond donors (Lipinski definition) is 15. The SMILES string of the molecule is [CH2-]B(C)O.[CH2-]B(C)O.[CH2-]B(C)O.[CH2-]B(O)O.[CH2-]B(O)O.[CH2-]B(O)O.[CH2-]B(O)O.[CH2-]B(O)O.[CH2-]B(O)O.[CH3-].[CH3-].[CH3-].[CH3-].[Y].[Y].[Y].[Y].[Y].[Y].[Y].[Y].[Y].[Y]. The van der Waals surface area contributed by atoms with Gasteiger partial charge >= 0.3 is 0 Å². The fourth-order valence-electron chi connectivity index (χ4n) is 0. The van der Waals surface area contributed by atoms with Crippen LogP contribution in [-0.4, -0.2) is 139 Å². The first-order chi connectivity index (χ1) is 15.6. The average molecular weight is 1470 g/mol. The topological polar surface area (TPSA) is 303 Å². The number of rotatable bonds is 0. The van der Waals surface area contributed by atoms with Crippen molar-refractivity contribution in [1.82, 2.24) is 0 Å². The minimum absolute atomic E-state index is 0. The van der Waals surface area contributed by atoms with Gasteiger partial charge in [0.1, 0.15) is 20.7 Å². The monoisotopic (exact) mass is 1470 g/mol. The van der Waals surface area contributed by atoms with Gasteiger partial charge in [-0.25, -0.2) is 0 Å². The minimum Gasteiger partial charge on any atom is -0.487 e. The van der Waals surface area contributed by atoms with Gasteiger partial charge in [-0.05, 0) is 0 Å². The quantitative estimate of drug-likeness (QED) is 0.0797. The van der Waals surface area contributed by atoms with Gasteiger partial charge in [0.25, 0.3) is 42.7 Å². The van der Waals surface area contributed by atoms with Gasteiger partial charge in [-0.3, -0.25) is 0 Å². The third-order valence-electron chi connectivity index (χ3n) is 0. The van der Waals surface area contributed by atoms with Crippen LogP contribution in [0.15, 0.2) is 0 Å². The van der Waals surface area contributed by atoms with E-state index in [1.165, 1.54) is 0 Å². The Morgan fingerprint density at radius 2 is 0.220 bits per heavy atom. The van der Waals surface area contributed by atoms with Crippen molar-refractivity contribution in [3.8, 4) is 0 Å². The molecule has 0 aliphatic carbocycles. The van der Waals surface area contributed by atoms with E-state index >= 15 is 0 Å². The van der Waals surface area contributed by atoms with Crippen LogP contribution in [0.3, 0.4) is 0 Å². The molecule has 15 nitrogen and oxygen atoms in total. The maximum atomic E-state index is 7.94. The molecular formula is C16H54B9O15Y10-13. The normalized spacial score (nSPS) is 4.86. The smallest absolute Gasteiger partial charge is 0.264 e. The van der Waals surface area contributed by atoms with Crippen molar-refractivity contribution in [2.75, 3.05) is 0 Å². The zero-order chi connectivity index (χ0) is 32.2. The molecule has 0 fully saturated rings. The largest absolute Gasteiger partial charge is 0.487 e. The predicted molar refractivity (Wildman–Crippen MR) is 177 cm³/mol. The Balaban J connectivity index is -0.00000000755. The van der Waals surface area contributed by atoms with Crippen LogP contribution in [-0.2, 0) is 327 Å². The summed E-state index contributed by atoms with van der Waals surface area (Å²) >= 11 is 0. The first-order valence-corrected chi connectivity index (χ1v) is 9.28. The molecule has 278 valence electrons. The fraction of sp³-hybridized carbons (Fsp3) is 0.188. The van der Waals surface area contributed by atoms with Crippen LogP contribution in [0.5, 0.6) is 0 Å². The van der Waals surface area contributed by atoms with Crippen LogP contribution in [0, 0.1) is 91.1 Å². The van der Waals surface area contributed by atoms with Crippen molar-refractivity contribution in [3.63, 3.8) is 0 Å². The second-order valence-electron chi connectivity index (χ2n) is 5.43. The second kappa shape index (κ2) is 145. The van der Waals surface area contributed by atoms with E-state index in [0.29, 0.717) is 0 Å². The molecule has 0 aromatic heterocycles. The molecule has 50 heavy (non-hydrogen) atoms. The van der Waals surface area contributed by atoms with Crippen molar-refractivity contribution in [2.24, 2.45) is 0 Å². The Labute approximate surface area is 564 Å². The fourth-order valence-corrected chi connectivity index (χ4v) is 0. The van der Waals surface area contributed by atoms with Crippen molar-refractivity contribution in [3.05, 3.63) is 91.1 Å². The first-order valence-electron chi connectivity index (χ1n) is 9.28. The molecular weight excluding hydrogens is 1420 g/mol. The van der Waals surface area contributed by atoms with Crippen molar-refractivity contribution in [1.29, 1.82) is 0 Å². The predicted octanol–water partition coefficient (Wildman–Crippen LogP) is -5.31. The van der Waals surface area contributed by atoms with Gasteiger partial charge in [-0.15, -0.1) is 0 Å². The standard InChI is InChI=1S/3C2H6BO.6CH4BO2.4CH3.10Y/c3*1-3(2)4;6*1-2(3)4;;;;;;;;;;;;;;/h3*4H,1H2,2H3;6*3-4H,1H2;4*1H3;;;;;;;;;;/q13*-1;;;;;;;;;;. The van der Waals surface area contributed by atoms with E-state index in [9.17, 15) is 0 Å². The first kappa shape index (κ1) is 152. The molecule has 34 heteroatoms. The summed E-state index contributed by atoms with van der Waals surface area (Å²) in [6.45, 7) is 29.7. The molecule has 0 aromatic rings. The molecule has 0 atom stereocenters. The Morgan fingerprint density at radius 3 is 0.220 bits per heavy atom. The van der Waals surface area contributed by atoms with Crippen LogP contribution in [0.1, 0.15) is 0 Å². The van der Waals surface area contributed by atoms with Gasteiger partial charge in [-0.2, -0.15) is 0 Å². The summed E-state index contributed by atoms with van der Waals surface area (Å²) in [7, 11) is -8.50. The summed E-state index contributed by atoms with van der Waals surface area (Å²) in [5.74, 6) is 0. The number of hydrogen-bond acceptors (Lipinski definition) is 15. The second-order valence-corrected chi connectivity index (χ2v) is 5.43. The summed E-state index contributed by atoms with van der Waals surface area (Å²) in [6.07, 6.45) is 0. The molecule has 0 heterocycles. The maximum absolute atomic E-state index is 7.94. The summed E-state index contributed by atoms with van der Waals surface area (Å²) in [4.78, 5) is 0. The van der Waals surface area contributed by atoms with E-state index in [0.717, 1.165) is 0 Å². The van der Waals surface area contributed by atoms with E-state index in [4.69, 9.17) is 75.4 Å². The van der Waals surface area contributed by atoms with Gasteiger partial charge in [-0.1, -0.05) is 20.5 Å². The molecule has 10 radical (unpaired) electrons. The van der Waals surface area contributed by atoms with Gasteiger partial charge < -0.3 is 166 Å².